The van der Waals surface area contributed by atoms with Crippen molar-refractivity contribution in [3.05, 3.63) is 36.3 Å². The summed E-state index contributed by atoms with van der Waals surface area (Å²) in [5, 5.41) is 3.67. The minimum Gasteiger partial charge on any atom is -0.365 e. The Morgan fingerprint density at radius 2 is 2.20 bits per heavy atom. The molecule has 6 heteroatoms. The lowest BCUT2D eigenvalue weighted by Gasteiger charge is -2.33. The maximum Gasteiger partial charge on any atom is 0.156 e. The van der Waals surface area contributed by atoms with Crippen molar-refractivity contribution in [1.29, 1.82) is 0 Å². The summed E-state index contributed by atoms with van der Waals surface area (Å²) >= 11 is 0. The number of fused-ring (bicyclic) bond motifs is 1. The molecule has 4 heterocycles. The molecule has 1 aliphatic rings. The Bertz CT molecular complexity index is 871. The van der Waals surface area contributed by atoms with Crippen LogP contribution in [0.4, 0.5) is 5.82 Å². The van der Waals surface area contributed by atoms with Gasteiger partial charge in [-0.15, -0.1) is 0 Å². The molecule has 0 aromatic carbocycles. The van der Waals surface area contributed by atoms with Crippen molar-refractivity contribution in [2.24, 2.45) is 0 Å². The van der Waals surface area contributed by atoms with Crippen LogP contribution in [-0.2, 0) is 0 Å². The van der Waals surface area contributed by atoms with Gasteiger partial charge in [0.2, 0.25) is 0 Å². The summed E-state index contributed by atoms with van der Waals surface area (Å²) in [7, 11) is 0. The number of hydrogen-bond acceptors (Lipinski definition) is 5. The predicted molar refractivity (Wildman–Crippen MR) is 101 cm³/mol. The lowest BCUT2D eigenvalue weighted by Crippen LogP contribution is -2.42. The first-order valence-electron chi connectivity index (χ1n) is 9.00. The first kappa shape index (κ1) is 16.0. The number of anilines is 1. The van der Waals surface area contributed by atoms with E-state index in [4.69, 9.17) is 9.97 Å². The molecule has 3 aromatic heterocycles. The van der Waals surface area contributed by atoms with Gasteiger partial charge in [0.25, 0.3) is 0 Å². The largest absolute Gasteiger partial charge is 0.365 e. The van der Waals surface area contributed by atoms with E-state index < -0.39 is 0 Å². The number of H-pyrrole nitrogens is 1. The van der Waals surface area contributed by atoms with Gasteiger partial charge in [0.15, 0.2) is 5.65 Å². The highest BCUT2D eigenvalue weighted by molar-refractivity contribution is 5.78. The summed E-state index contributed by atoms with van der Waals surface area (Å²) < 4.78 is 0. The minimum absolute atomic E-state index is 0.422. The number of pyridine rings is 1. The van der Waals surface area contributed by atoms with Crippen LogP contribution in [0.15, 0.2) is 30.6 Å². The summed E-state index contributed by atoms with van der Waals surface area (Å²) in [6.07, 6.45) is 6.08. The molecule has 25 heavy (non-hydrogen) atoms. The van der Waals surface area contributed by atoms with Gasteiger partial charge in [-0.25, -0.2) is 15.0 Å². The molecular formula is C19H24N6. The highest BCUT2D eigenvalue weighted by atomic mass is 15.2. The fraction of sp³-hybridized carbons (Fsp3) is 0.421. The quantitative estimate of drug-likeness (QED) is 0.765. The summed E-state index contributed by atoms with van der Waals surface area (Å²) in [5.41, 5.74) is 4.55. The molecule has 1 atom stereocenters. The predicted octanol–water partition coefficient (Wildman–Crippen LogP) is 3.22. The third-order valence-corrected chi connectivity index (χ3v) is 4.86. The number of nitrogens with zero attached hydrogens (tertiary/aromatic N) is 4. The number of rotatable bonds is 4. The lowest BCUT2D eigenvalue weighted by molar-refractivity contribution is 0.226. The fourth-order valence-electron chi connectivity index (χ4n) is 3.49. The first-order valence-corrected chi connectivity index (χ1v) is 9.00. The second kappa shape index (κ2) is 6.80. The monoisotopic (exact) mass is 336 g/mol. The van der Waals surface area contributed by atoms with Crippen molar-refractivity contribution >= 4 is 17.0 Å². The summed E-state index contributed by atoms with van der Waals surface area (Å²) in [5.74, 6) is 0.909. The van der Waals surface area contributed by atoms with Crippen LogP contribution in [0.1, 0.15) is 25.5 Å². The van der Waals surface area contributed by atoms with Crippen molar-refractivity contribution in [3.8, 4) is 11.3 Å². The normalized spacial score (nSPS) is 18.6. The SMILES string of the molecule is CCN1CCCC(Nc2nc(C)ccc2-c2cnc3[nH]ccc3n2)C1. The molecule has 6 nitrogen and oxygen atoms in total. The Kier molecular flexibility index (Phi) is 4.36. The Hall–Kier alpha value is -2.47. The molecule has 0 bridgehead atoms. The van der Waals surface area contributed by atoms with Gasteiger partial charge in [-0.3, -0.25) is 0 Å². The summed E-state index contributed by atoms with van der Waals surface area (Å²) in [6, 6.07) is 6.49. The molecular weight excluding hydrogens is 312 g/mol. The zero-order valence-electron chi connectivity index (χ0n) is 14.8. The van der Waals surface area contributed by atoms with E-state index in [2.05, 4.69) is 33.2 Å². The second-order valence-corrected chi connectivity index (χ2v) is 6.69. The smallest absolute Gasteiger partial charge is 0.156 e. The van der Waals surface area contributed by atoms with Gasteiger partial charge in [-0.2, -0.15) is 0 Å². The number of aromatic amines is 1. The fourth-order valence-corrected chi connectivity index (χ4v) is 3.49. The van der Waals surface area contributed by atoms with Crippen LogP contribution < -0.4 is 5.32 Å². The third-order valence-electron chi connectivity index (χ3n) is 4.86. The van der Waals surface area contributed by atoms with Gasteiger partial charge in [0.05, 0.1) is 11.9 Å². The molecule has 1 fully saturated rings. The molecule has 2 N–H and O–H groups in total. The number of aromatic nitrogens is 4. The van der Waals surface area contributed by atoms with Crippen LogP contribution in [0, 0.1) is 6.92 Å². The highest BCUT2D eigenvalue weighted by Gasteiger charge is 2.20. The average Bonchev–Trinajstić information content (AvgIpc) is 3.10. The van der Waals surface area contributed by atoms with E-state index in [9.17, 15) is 0 Å². The van der Waals surface area contributed by atoms with E-state index >= 15 is 0 Å². The van der Waals surface area contributed by atoms with Gasteiger partial charge in [0, 0.05) is 30.0 Å². The van der Waals surface area contributed by atoms with Crippen LogP contribution in [0.2, 0.25) is 0 Å². The van der Waals surface area contributed by atoms with Crippen LogP contribution >= 0.6 is 0 Å². The van der Waals surface area contributed by atoms with Crippen molar-refractivity contribution in [3.63, 3.8) is 0 Å². The van der Waals surface area contributed by atoms with Gasteiger partial charge in [0.1, 0.15) is 11.3 Å². The van der Waals surface area contributed by atoms with Gasteiger partial charge in [-0.1, -0.05) is 6.92 Å². The van der Waals surface area contributed by atoms with Crippen molar-refractivity contribution in [1.82, 2.24) is 24.8 Å². The van der Waals surface area contributed by atoms with E-state index in [1.54, 1.807) is 0 Å². The maximum absolute atomic E-state index is 4.76. The molecule has 1 saturated heterocycles. The van der Waals surface area contributed by atoms with E-state index in [-0.39, 0.29) is 0 Å². The standard InChI is InChI=1S/C19H24N6/c1-3-25-10-4-5-14(12-25)23-18-15(7-6-13(2)22-18)17-11-21-19-16(24-17)8-9-20-19/h6-9,11,14H,3-5,10,12H2,1-2H3,(H,20,21)(H,22,23). The maximum atomic E-state index is 4.76. The Labute approximate surface area is 147 Å². The lowest BCUT2D eigenvalue weighted by atomic mass is 10.0. The van der Waals surface area contributed by atoms with E-state index in [0.29, 0.717) is 6.04 Å². The number of piperidine rings is 1. The van der Waals surface area contributed by atoms with Gasteiger partial charge < -0.3 is 15.2 Å². The molecule has 130 valence electrons. The molecule has 0 aliphatic carbocycles. The topological polar surface area (TPSA) is 69.7 Å². The third kappa shape index (κ3) is 3.35. The van der Waals surface area contributed by atoms with Crippen LogP contribution in [0.25, 0.3) is 22.4 Å². The average molecular weight is 336 g/mol. The highest BCUT2D eigenvalue weighted by Crippen LogP contribution is 2.27. The van der Waals surface area contributed by atoms with E-state index in [0.717, 1.165) is 47.0 Å². The molecule has 0 amide bonds. The van der Waals surface area contributed by atoms with Crippen LogP contribution in [0.5, 0.6) is 0 Å². The molecule has 3 aromatic rings. The molecule has 0 radical (unpaired) electrons. The Balaban J connectivity index is 1.66. The summed E-state index contributed by atoms with van der Waals surface area (Å²) in [6.45, 7) is 7.60. The number of aryl methyl sites for hydroxylation is 1. The van der Waals surface area contributed by atoms with Crippen molar-refractivity contribution in [2.45, 2.75) is 32.7 Å². The molecule has 0 saturated carbocycles. The summed E-state index contributed by atoms with van der Waals surface area (Å²) in [4.78, 5) is 19.5. The van der Waals surface area contributed by atoms with Gasteiger partial charge in [-0.05, 0) is 51.1 Å². The molecule has 1 unspecified atom stereocenters. The van der Waals surface area contributed by atoms with E-state index in [1.807, 2.05) is 31.5 Å². The van der Waals surface area contributed by atoms with E-state index in [1.165, 1.54) is 19.4 Å². The molecule has 1 aliphatic heterocycles. The molecule has 4 rings (SSSR count). The van der Waals surface area contributed by atoms with Crippen LogP contribution in [0.3, 0.4) is 0 Å². The number of nitrogens with one attached hydrogen (secondary N) is 2. The number of likely N-dealkylation sites (N-methyl/N-ethyl adjacent to an activating group) is 1. The van der Waals surface area contributed by atoms with Crippen molar-refractivity contribution in [2.75, 3.05) is 25.0 Å². The molecule has 0 spiro atoms. The van der Waals surface area contributed by atoms with Crippen molar-refractivity contribution < 1.29 is 0 Å². The zero-order valence-corrected chi connectivity index (χ0v) is 14.8. The number of hydrogen-bond donors (Lipinski definition) is 2. The first-order chi connectivity index (χ1) is 12.2. The van der Waals surface area contributed by atoms with Crippen LogP contribution in [-0.4, -0.2) is 50.5 Å². The Morgan fingerprint density at radius 1 is 1.28 bits per heavy atom. The Morgan fingerprint density at radius 3 is 3.08 bits per heavy atom. The van der Waals surface area contributed by atoms with Gasteiger partial charge >= 0.3 is 0 Å². The minimum atomic E-state index is 0.422. The second-order valence-electron chi connectivity index (χ2n) is 6.69. The number of likely N-dealkylation sites (tertiary alicyclic amines) is 1. The zero-order chi connectivity index (χ0) is 17.2.